The molecule has 3 aliphatic heterocycles. The van der Waals surface area contributed by atoms with Crippen LogP contribution in [0, 0.1) is 11.8 Å². The van der Waals surface area contributed by atoms with E-state index < -0.39 is 0 Å². The number of hydrogen-bond donors (Lipinski definition) is 0. The van der Waals surface area contributed by atoms with Gasteiger partial charge in [0.05, 0.1) is 19.8 Å². The van der Waals surface area contributed by atoms with Gasteiger partial charge in [0.15, 0.2) is 0 Å². The van der Waals surface area contributed by atoms with Gasteiger partial charge < -0.3 is 14.5 Å². The lowest BCUT2D eigenvalue weighted by atomic mass is 9.78. The van der Waals surface area contributed by atoms with Crippen molar-refractivity contribution in [1.29, 1.82) is 0 Å². The van der Waals surface area contributed by atoms with Crippen LogP contribution in [0.4, 0.5) is 0 Å². The van der Waals surface area contributed by atoms with E-state index in [2.05, 4.69) is 40.1 Å². The molecule has 0 aromatic heterocycles. The van der Waals surface area contributed by atoms with Gasteiger partial charge in [0.25, 0.3) is 0 Å². The van der Waals surface area contributed by atoms with Crippen molar-refractivity contribution in [2.45, 2.75) is 32.1 Å². The summed E-state index contributed by atoms with van der Waals surface area (Å²) >= 11 is 0. The van der Waals surface area contributed by atoms with Crippen LogP contribution in [-0.2, 0) is 16.0 Å². The molecule has 160 valence electrons. The first-order chi connectivity index (χ1) is 14.3. The number of carbonyl (C=O) groups is 1. The molecular formula is C24H37N3O2. The van der Waals surface area contributed by atoms with Gasteiger partial charge in [-0.3, -0.25) is 9.69 Å². The molecule has 1 amide bonds. The fourth-order valence-electron chi connectivity index (χ4n) is 5.27. The van der Waals surface area contributed by atoms with Crippen molar-refractivity contribution in [3.05, 3.63) is 35.9 Å². The van der Waals surface area contributed by atoms with Gasteiger partial charge in [-0.05, 0) is 75.7 Å². The molecule has 3 heterocycles. The third-order valence-corrected chi connectivity index (χ3v) is 7.21. The summed E-state index contributed by atoms with van der Waals surface area (Å²) in [4.78, 5) is 19.5. The number of carbonyl (C=O) groups excluding carboxylic acids is 1. The predicted molar refractivity (Wildman–Crippen MR) is 116 cm³/mol. The van der Waals surface area contributed by atoms with Crippen LogP contribution in [0.15, 0.2) is 30.3 Å². The highest BCUT2D eigenvalue weighted by Gasteiger charge is 2.30. The summed E-state index contributed by atoms with van der Waals surface area (Å²) in [6.45, 7) is 9.40. The first kappa shape index (κ1) is 20.8. The number of morpholine rings is 1. The SMILES string of the molecule is O=C(CN1CCC(C2CCN(CCc3ccccc3)CC2)CC1)N1CCOCC1. The molecule has 0 atom stereocenters. The smallest absolute Gasteiger partial charge is 0.236 e. The molecule has 3 fully saturated rings. The molecule has 0 bridgehead atoms. The normalized spacial score (nSPS) is 23.4. The number of amides is 1. The molecule has 0 spiro atoms. The molecule has 5 nitrogen and oxygen atoms in total. The fourth-order valence-corrected chi connectivity index (χ4v) is 5.27. The number of ether oxygens (including phenoxy) is 1. The minimum atomic E-state index is 0.290. The Morgan fingerprint density at radius 1 is 0.828 bits per heavy atom. The van der Waals surface area contributed by atoms with Crippen molar-refractivity contribution in [2.24, 2.45) is 11.8 Å². The van der Waals surface area contributed by atoms with Crippen LogP contribution in [0.3, 0.4) is 0 Å². The summed E-state index contributed by atoms with van der Waals surface area (Å²) < 4.78 is 5.36. The lowest BCUT2D eigenvalue weighted by molar-refractivity contribution is -0.136. The molecule has 1 aromatic rings. The van der Waals surface area contributed by atoms with E-state index in [0.29, 0.717) is 25.7 Å². The minimum absolute atomic E-state index is 0.290. The van der Waals surface area contributed by atoms with E-state index in [1.165, 1.54) is 57.3 Å². The summed E-state index contributed by atoms with van der Waals surface area (Å²) in [6, 6.07) is 10.9. The summed E-state index contributed by atoms with van der Waals surface area (Å²) in [6.07, 6.45) is 6.41. The highest BCUT2D eigenvalue weighted by atomic mass is 16.5. The van der Waals surface area contributed by atoms with Crippen molar-refractivity contribution in [3.8, 4) is 0 Å². The van der Waals surface area contributed by atoms with E-state index in [1.807, 2.05) is 4.90 Å². The van der Waals surface area contributed by atoms with Crippen LogP contribution in [0.25, 0.3) is 0 Å². The Hall–Kier alpha value is -1.43. The molecule has 5 heteroatoms. The molecule has 4 rings (SSSR count). The zero-order valence-corrected chi connectivity index (χ0v) is 17.8. The van der Waals surface area contributed by atoms with Gasteiger partial charge in [0, 0.05) is 19.6 Å². The third-order valence-electron chi connectivity index (χ3n) is 7.21. The molecule has 29 heavy (non-hydrogen) atoms. The highest BCUT2D eigenvalue weighted by molar-refractivity contribution is 5.78. The van der Waals surface area contributed by atoms with Crippen LogP contribution in [0.1, 0.15) is 31.2 Å². The molecule has 0 radical (unpaired) electrons. The Labute approximate surface area is 176 Å². The van der Waals surface area contributed by atoms with Crippen LogP contribution >= 0.6 is 0 Å². The second-order valence-electron chi connectivity index (χ2n) is 9.02. The second-order valence-corrected chi connectivity index (χ2v) is 9.02. The largest absolute Gasteiger partial charge is 0.378 e. The van der Waals surface area contributed by atoms with Crippen LogP contribution in [0.2, 0.25) is 0 Å². The summed E-state index contributed by atoms with van der Waals surface area (Å²) in [5, 5.41) is 0. The van der Waals surface area contributed by atoms with Crippen LogP contribution in [-0.4, -0.2) is 86.2 Å². The van der Waals surface area contributed by atoms with Gasteiger partial charge in [0.2, 0.25) is 5.91 Å². The van der Waals surface area contributed by atoms with Crippen LogP contribution in [0.5, 0.6) is 0 Å². The van der Waals surface area contributed by atoms with Crippen molar-refractivity contribution in [1.82, 2.24) is 14.7 Å². The summed E-state index contributed by atoms with van der Waals surface area (Å²) in [5.41, 5.74) is 1.45. The van der Waals surface area contributed by atoms with E-state index in [1.54, 1.807) is 0 Å². The van der Waals surface area contributed by atoms with Crippen LogP contribution < -0.4 is 0 Å². The average molecular weight is 400 g/mol. The van der Waals surface area contributed by atoms with E-state index in [9.17, 15) is 4.79 Å². The number of hydrogen-bond acceptors (Lipinski definition) is 4. The molecule has 3 saturated heterocycles. The predicted octanol–water partition coefficient (Wildman–Crippen LogP) is 2.51. The second kappa shape index (κ2) is 10.6. The van der Waals surface area contributed by atoms with Gasteiger partial charge in [-0.15, -0.1) is 0 Å². The van der Waals surface area contributed by atoms with Crippen molar-refractivity contribution < 1.29 is 9.53 Å². The fraction of sp³-hybridized carbons (Fsp3) is 0.708. The zero-order chi connectivity index (χ0) is 19.9. The average Bonchev–Trinajstić information content (AvgIpc) is 2.80. The van der Waals surface area contributed by atoms with E-state index >= 15 is 0 Å². The van der Waals surface area contributed by atoms with Gasteiger partial charge in [-0.2, -0.15) is 0 Å². The van der Waals surface area contributed by atoms with E-state index in [4.69, 9.17) is 4.74 Å². The maximum Gasteiger partial charge on any atom is 0.236 e. The number of nitrogens with zero attached hydrogens (tertiary/aromatic N) is 3. The summed E-state index contributed by atoms with van der Waals surface area (Å²) in [7, 11) is 0. The summed E-state index contributed by atoms with van der Waals surface area (Å²) in [5.74, 6) is 2.04. The van der Waals surface area contributed by atoms with Crippen molar-refractivity contribution in [2.75, 3.05) is 65.6 Å². The van der Waals surface area contributed by atoms with Crippen molar-refractivity contribution in [3.63, 3.8) is 0 Å². The Bertz CT molecular complexity index is 616. The maximum absolute atomic E-state index is 12.5. The van der Waals surface area contributed by atoms with Gasteiger partial charge in [0.1, 0.15) is 0 Å². The molecule has 0 aliphatic carbocycles. The number of rotatable bonds is 6. The van der Waals surface area contributed by atoms with E-state index in [0.717, 1.165) is 38.0 Å². The van der Waals surface area contributed by atoms with Crippen molar-refractivity contribution >= 4 is 5.91 Å². The number of likely N-dealkylation sites (tertiary alicyclic amines) is 2. The lowest BCUT2D eigenvalue weighted by Crippen LogP contribution is -2.48. The Kier molecular flexibility index (Phi) is 7.58. The van der Waals surface area contributed by atoms with Gasteiger partial charge in [-0.1, -0.05) is 30.3 Å². The van der Waals surface area contributed by atoms with Gasteiger partial charge in [-0.25, -0.2) is 0 Å². The molecule has 0 N–H and O–H groups in total. The van der Waals surface area contributed by atoms with E-state index in [-0.39, 0.29) is 0 Å². The molecule has 1 aromatic carbocycles. The topological polar surface area (TPSA) is 36.0 Å². The standard InChI is InChI=1S/C24H37N3O2/c28-24(27-16-18-29-19-17-27)20-26-14-9-23(10-15-26)22-7-12-25(13-8-22)11-6-21-4-2-1-3-5-21/h1-5,22-23H,6-20H2. The molecule has 0 unspecified atom stereocenters. The zero-order valence-electron chi connectivity index (χ0n) is 17.8. The minimum Gasteiger partial charge on any atom is -0.378 e. The lowest BCUT2D eigenvalue weighted by Gasteiger charge is -2.40. The molecule has 0 saturated carbocycles. The maximum atomic E-state index is 12.5. The number of benzene rings is 1. The first-order valence-electron chi connectivity index (χ1n) is 11.6. The Balaban J connectivity index is 1.13. The highest BCUT2D eigenvalue weighted by Crippen LogP contribution is 2.32. The molecular weight excluding hydrogens is 362 g/mol. The monoisotopic (exact) mass is 399 g/mol. The molecule has 3 aliphatic rings. The van der Waals surface area contributed by atoms with Gasteiger partial charge >= 0.3 is 0 Å². The Morgan fingerprint density at radius 3 is 2.03 bits per heavy atom. The third kappa shape index (κ3) is 6.03. The first-order valence-corrected chi connectivity index (χ1v) is 11.6. The quantitative estimate of drug-likeness (QED) is 0.736. The Morgan fingerprint density at radius 2 is 1.41 bits per heavy atom. The number of piperidine rings is 2.